The predicted molar refractivity (Wildman–Crippen MR) is 72.5 cm³/mol. The molecule has 0 atom stereocenters. The zero-order valence-electron chi connectivity index (χ0n) is 9.89. The van der Waals surface area contributed by atoms with Crippen molar-refractivity contribution in [3.63, 3.8) is 0 Å². The van der Waals surface area contributed by atoms with Gasteiger partial charge in [-0.25, -0.2) is 0 Å². The maximum Gasteiger partial charge on any atom is 0.254 e. The van der Waals surface area contributed by atoms with Gasteiger partial charge in [-0.1, -0.05) is 0 Å². The highest BCUT2D eigenvalue weighted by atomic mass is 32.2. The number of carbonyl (C=O) groups excluding carboxylic acids is 1. The van der Waals surface area contributed by atoms with Gasteiger partial charge in [0, 0.05) is 22.8 Å². The van der Waals surface area contributed by atoms with E-state index in [1.807, 2.05) is 6.07 Å². The standard InChI is InChI=1S/C13H14N2OS/c1-7-3-10-11(4-8(7)2)15-13(16)9-5-17-6-12(9)14-10/h3-4,14H,5-6H2,1-2H3,(H,15,16). The number of benzene rings is 1. The third kappa shape index (κ3) is 1.72. The lowest BCUT2D eigenvalue weighted by atomic mass is 10.1. The van der Waals surface area contributed by atoms with Gasteiger partial charge in [0.25, 0.3) is 5.91 Å². The highest BCUT2D eigenvalue weighted by molar-refractivity contribution is 8.00. The fourth-order valence-electron chi connectivity index (χ4n) is 2.13. The second kappa shape index (κ2) is 3.81. The zero-order valence-corrected chi connectivity index (χ0v) is 10.7. The molecule has 0 aromatic heterocycles. The summed E-state index contributed by atoms with van der Waals surface area (Å²) in [6, 6.07) is 4.13. The number of hydrogen-bond donors (Lipinski definition) is 2. The highest BCUT2D eigenvalue weighted by Gasteiger charge is 2.25. The topological polar surface area (TPSA) is 41.1 Å². The molecule has 0 aliphatic carbocycles. The average molecular weight is 246 g/mol. The van der Waals surface area contributed by atoms with Crippen LogP contribution in [-0.2, 0) is 4.79 Å². The number of rotatable bonds is 0. The predicted octanol–water partition coefficient (Wildman–Crippen LogP) is 2.67. The summed E-state index contributed by atoms with van der Waals surface area (Å²) in [7, 11) is 0. The molecule has 88 valence electrons. The number of thioether (sulfide) groups is 1. The molecule has 1 amide bonds. The largest absolute Gasteiger partial charge is 0.356 e. The lowest BCUT2D eigenvalue weighted by Crippen LogP contribution is -2.14. The number of carbonyl (C=O) groups is 1. The SMILES string of the molecule is Cc1cc2c(cc1C)NC1=C(CSC1)C(=O)N2. The van der Waals surface area contributed by atoms with Crippen molar-refractivity contribution in [1.29, 1.82) is 0 Å². The molecule has 0 spiro atoms. The van der Waals surface area contributed by atoms with Crippen LogP contribution in [0.25, 0.3) is 0 Å². The molecule has 3 nitrogen and oxygen atoms in total. The van der Waals surface area contributed by atoms with Gasteiger partial charge >= 0.3 is 0 Å². The van der Waals surface area contributed by atoms with Crippen LogP contribution in [0.5, 0.6) is 0 Å². The van der Waals surface area contributed by atoms with Crippen LogP contribution in [0.4, 0.5) is 11.4 Å². The normalized spacial score (nSPS) is 18.1. The van der Waals surface area contributed by atoms with E-state index in [2.05, 4.69) is 30.5 Å². The summed E-state index contributed by atoms with van der Waals surface area (Å²) in [5, 5.41) is 6.38. The van der Waals surface area contributed by atoms with Gasteiger partial charge in [-0.15, -0.1) is 0 Å². The monoisotopic (exact) mass is 246 g/mol. The fourth-order valence-corrected chi connectivity index (χ4v) is 3.19. The second-order valence-corrected chi connectivity index (χ2v) is 5.50. The Labute approximate surface area is 105 Å². The number of fused-ring (bicyclic) bond motifs is 1. The second-order valence-electron chi connectivity index (χ2n) is 4.51. The van der Waals surface area contributed by atoms with Crippen LogP contribution >= 0.6 is 11.8 Å². The molecule has 2 aliphatic rings. The molecule has 17 heavy (non-hydrogen) atoms. The van der Waals surface area contributed by atoms with E-state index in [0.717, 1.165) is 34.2 Å². The van der Waals surface area contributed by atoms with Crippen LogP contribution in [0.2, 0.25) is 0 Å². The first-order valence-corrected chi connectivity index (χ1v) is 6.80. The molecule has 2 heterocycles. The Morgan fingerprint density at radius 3 is 2.41 bits per heavy atom. The molecular weight excluding hydrogens is 232 g/mol. The van der Waals surface area contributed by atoms with E-state index in [0.29, 0.717) is 0 Å². The van der Waals surface area contributed by atoms with Crippen molar-refractivity contribution in [3.05, 3.63) is 34.5 Å². The molecule has 0 bridgehead atoms. The smallest absolute Gasteiger partial charge is 0.254 e. The van der Waals surface area contributed by atoms with Crippen LogP contribution in [0, 0.1) is 13.8 Å². The van der Waals surface area contributed by atoms with Crippen molar-refractivity contribution in [3.8, 4) is 0 Å². The van der Waals surface area contributed by atoms with Crippen LogP contribution in [-0.4, -0.2) is 17.4 Å². The summed E-state index contributed by atoms with van der Waals surface area (Å²) in [6.45, 7) is 4.15. The van der Waals surface area contributed by atoms with Gasteiger partial charge in [0.15, 0.2) is 0 Å². The molecule has 2 N–H and O–H groups in total. The molecule has 1 aromatic rings. The highest BCUT2D eigenvalue weighted by Crippen LogP contribution is 2.34. The van der Waals surface area contributed by atoms with E-state index in [-0.39, 0.29) is 5.91 Å². The van der Waals surface area contributed by atoms with Crippen LogP contribution in [0.15, 0.2) is 23.4 Å². The summed E-state index contributed by atoms with van der Waals surface area (Å²) in [4.78, 5) is 12.0. The molecule has 4 heteroatoms. The third-order valence-electron chi connectivity index (χ3n) is 3.30. The first-order valence-electron chi connectivity index (χ1n) is 5.64. The maximum atomic E-state index is 12.0. The van der Waals surface area contributed by atoms with Crippen molar-refractivity contribution < 1.29 is 4.79 Å². The molecule has 3 rings (SSSR count). The van der Waals surface area contributed by atoms with E-state index in [9.17, 15) is 4.79 Å². The first kappa shape index (κ1) is 10.7. The number of amides is 1. The fraction of sp³-hybridized carbons (Fsp3) is 0.308. The summed E-state index contributed by atoms with van der Waals surface area (Å²) in [5.74, 6) is 1.74. The van der Waals surface area contributed by atoms with Crippen molar-refractivity contribution >= 4 is 29.0 Å². The lowest BCUT2D eigenvalue weighted by Gasteiger charge is -2.12. The number of nitrogens with one attached hydrogen (secondary N) is 2. The van der Waals surface area contributed by atoms with Gasteiger partial charge in [0.2, 0.25) is 0 Å². The van der Waals surface area contributed by atoms with E-state index in [1.54, 1.807) is 11.8 Å². The van der Waals surface area contributed by atoms with Gasteiger partial charge in [-0.3, -0.25) is 4.79 Å². The van der Waals surface area contributed by atoms with Crippen molar-refractivity contribution in [2.24, 2.45) is 0 Å². The Balaban J connectivity index is 2.10. The van der Waals surface area contributed by atoms with E-state index >= 15 is 0 Å². The molecule has 0 saturated carbocycles. The van der Waals surface area contributed by atoms with E-state index in [4.69, 9.17) is 0 Å². The van der Waals surface area contributed by atoms with Crippen molar-refractivity contribution in [1.82, 2.24) is 0 Å². The summed E-state index contributed by atoms with van der Waals surface area (Å²) >= 11 is 1.78. The van der Waals surface area contributed by atoms with Crippen molar-refractivity contribution in [2.45, 2.75) is 13.8 Å². The Bertz CT molecular complexity index is 549. The third-order valence-corrected chi connectivity index (χ3v) is 4.28. The van der Waals surface area contributed by atoms with Gasteiger partial charge in [-0.2, -0.15) is 11.8 Å². The first-order chi connectivity index (χ1) is 8.15. The van der Waals surface area contributed by atoms with Crippen LogP contribution in [0.3, 0.4) is 0 Å². The van der Waals surface area contributed by atoms with Gasteiger partial charge in [0.05, 0.1) is 11.4 Å². The van der Waals surface area contributed by atoms with E-state index in [1.165, 1.54) is 11.1 Å². The van der Waals surface area contributed by atoms with Crippen molar-refractivity contribution in [2.75, 3.05) is 22.1 Å². The molecule has 1 aromatic carbocycles. The summed E-state index contributed by atoms with van der Waals surface area (Å²) in [5.41, 5.74) is 6.28. The minimum Gasteiger partial charge on any atom is -0.356 e. The Kier molecular flexibility index (Phi) is 2.40. The van der Waals surface area contributed by atoms with Crippen LogP contribution in [0.1, 0.15) is 11.1 Å². The minimum absolute atomic E-state index is 0.0412. The lowest BCUT2D eigenvalue weighted by molar-refractivity contribution is -0.112. The van der Waals surface area contributed by atoms with Gasteiger partial charge in [0.1, 0.15) is 0 Å². The molecule has 0 radical (unpaired) electrons. The summed E-state index contributed by atoms with van der Waals surface area (Å²) < 4.78 is 0. The molecule has 0 fully saturated rings. The average Bonchev–Trinajstić information content (AvgIpc) is 2.69. The minimum atomic E-state index is 0.0412. The van der Waals surface area contributed by atoms with Gasteiger partial charge < -0.3 is 10.6 Å². The molecule has 0 unspecified atom stereocenters. The Morgan fingerprint density at radius 2 is 1.71 bits per heavy atom. The van der Waals surface area contributed by atoms with Gasteiger partial charge in [-0.05, 0) is 37.1 Å². The van der Waals surface area contributed by atoms with Crippen LogP contribution < -0.4 is 10.6 Å². The van der Waals surface area contributed by atoms with E-state index < -0.39 is 0 Å². The quantitative estimate of drug-likeness (QED) is 0.739. The molecule has 2 aliphatic heterocycles. The number of hydrogen-bond acceptors (Lipinski definition) is 3. The summed E-state index contributed by atoms with van der Waals surface area (Å²) in [6.07, 6.45) is 0. The Hall–Kier alpha value is -1.42. The Morgan fingerprint density at radius 1 is 1.06 bits per heavy atom. The number of anilines is 2. The zero-order chi connectivity index (χ0) is 12.0. The molecule has 0 saturated heterocycles. The maximum absolute atomic E-state index is 12.0. The number of aryl methyl sites for hydroxylation is 2. The molecular formula is C13H14N2OS.